The largest absolute Gasteiger partial charge is 0.463 e. The van der Waals surface area contributed by atoms with E-state index in [0.29, 0.717) is 18.1 Å². The van der Waals surface area contributed by atoms with E-state index in [0.717, 1.165) is 6.54 Å². The van der Waals surface area contributed by atoms with E-state index in [1.54, 1.807) is 25.5 Å². The highest BCUT2D eigenvalue weighted by Gasteiger charge is 2.11. The van der Waals surface area contributed by atoms with Crippen molar-refractivity contribution in [2.24, 2.45) is 0 Å². The van der Waals surface area contributed by atoms with Crippen LogP contribution in [0.5, 0.6) is 0 Å². The predicted octanol–water partition coefficient (Wildman–Crippen LogP) is 0.880. The van der Waals surface area contributed by atoms with Crippen LogP contribution in [0.3, 0.4) is 0 Å². The third kappa shape index (κ3) is 3.51. The zero-order valence-corrected chi connectivity index (χ0v) is 10.8. The molecule has 0 saturated heterocycles. The highest BCUT2D eigenvalue weighted by molar-refractivity contribution is 5.85. The maximum Gasteiger partial charge on any atom is 0.376 e. The zero-order chi connectivity index (χ0) is 13.7. The number of anilines is 1. The number of esters is 1. The van der Waals surface area contributed by atoms with Crippen LogP contribution in [0.1, 0.15) is 16.3 Å². The Morgan fingerprint density at radius 1 is 1.47 bits per heavy atom. The van der Waals surface area contributed by atoms with E-state index in [1.807, 2.05) is 10.8 Å². The molecule has 0 bridgehead atoms. The van der Waals surface area contributed by atoms with Crippen molar-refractivity contribution in [1.29, 1.82) is 0 Å². The van der Waals surface area contributed by atoms with Crippen molar-refractivity contribution in [3.63, 3.8) is 0 Å². The van der Waals surface area contributed by atoms with Crippen LogP contribution in [0.4, 0.5) is 5.82 Å². The Bertz CT molecular complexity index is 553. The van der Waals surface area contributed by atoms with Gasteiger partial charge >= 0.3 is 5.97 Å². The molecule has 0 spiro atoms. The van der Waals surface area contributed by atoms with Gasteiger partial charge in [-0.1, -0.05) is 0 Å². The second-order valence-corrected chi connectivity index (χ2v) is 3.94. The first-order valence-corrected chi connectivity index (χ1v) is 5.82. The molecule has 0 fully saturated rings. The number of aromatic nitrogens is 4. The molecule has 2 heterocycles. The number of ether oxygens (including phenoxy) is 1. The van der Waals surface area contributed by atoms with E-state index in [2.05, 4.69) is 25.0 Å². The summed E-state index contributed by atoms with van der Waals surface area (Å²) < 4.78 is 6.55. The molecule has 0 aliphatic rings. The first kappa shape index (κ1) is 13.0. The van der Waals surface area contributed by atoms with Crippen LogP contribution < -0.4 is 5.32 Å². The molecule has 0 aromatic carbocycles. The lowest BCUT2D eigenvalue weighted by atomic mass is 10.4. The van der Waals surface area contributed by atoms with Gasteiger partial charge in [-0.3, -0.25) is 0 Å². The van der Waals surface area contributed by atoms with Gasteiger partial charge in [0.2, 0.25) is 5.82 Å². The molecular weight excluding hydrogens is 246 g/mol. The minimum atomic E-state index is -0.540. The van der Waals surface area contributed by atoms with Crippen LogP contribution in [-0.2, 0) is 11.3 Å². The molecular formula is C12H15N5O2. The summed E-state index contributed by atoms with van der Waals surface area (Å²) >= 11 is 0. The standard InChI is InChI=1S/C12H15N5O2/c1-9-7-10(16-11(15-9)12(18)19-2)14-4-6-17-5-3-13-8-17/h3,5,7-8H,4,6H2,1-2H3,(H,14,15,16). The lowest BCUT2D eigenvalue weighted by Crippen LogP contribution is -2.14. The molecule has 2 rings (SSSR count). The summed E-state index contributed by atoms with van der Waals surface area (Å²) in [5, 5.41) is 3.14. The number of carbonyl (C=O) groups is 1. The van der Waals surface area contributed by atoms with E-state index >= 15 is 0 Å². The third-order valence-electron chi connectivity index (χ3n) is 2.46. The molecule has 0 unspecified atom stereocenters. The van der Waals surface area contributed by atoms with Gasteiger partial charge in [-0.25, -0.2) is 19.7 Å². The van der Waals surface area contributed by atoms with Crippen LogP contribution in [0.15, 0.2) is 24.8 Å². The van der Waals surface area contributed by atoms with E-state index < -0.39 is 5.97 Å². The van der Waals surface area contributed by atoms with E-state index in [1.165, 1.54) is 7.11 Å². The molecule has 0 atom stereocenters. The van der Waals surface area contributed by atoms with E-state index in [4.69, 9.17) is 0 Å². The van der Waals surface area contributed by atoms with Gasteiger partial charge < -0.3 is 14.6 Å². The van der Waals surface area contributed by atoms with Gasteiger partial charge in [0.1, 0.15) is 5.82 Å². The monoisotopic (exact) mass is 261 g/mol. The highest BCUT2D eigenvalue weighted by Crippen LogP contribution is 2.06. The van der Waals surface area contributed by atoms with E-state index in [9.17, 15) is 4.79 Å². The fourth-order valence-corrected chi connectivity index (χ4v) is 1.57. The van der Waals surface area contributed by atoms with Crippen molar-refractivity contribution >= 4 is 11.8 Å². The molecule has 0 amide bonds. The van der Waals surface area contributed by atoms with Crippen molar-refractivity contribution in [2.45, 2.75) is 13.5 Å². The molecule has 0 saturated carbocycles. The van der Waals surface area contributed by atoms with Crippen LogP contribution in [0, 0.1) is 6.92 Å². The molecule has 1 N–H and O–H groups in total. The Morgan fingerprint density at radius 3 is 3.00 bits per heavy atom. The minimum absolute atomic E-state index is 0.0626. The maximum atomic E-state index is 11.4. The average molecular weight is 261 g/mol. The average Bonchev–Trinajstić information content (AvgIpc) is 2.90. The lowest BCUT2D eigenvalue weighted by Gasteiger charge is -2.08. The van der Waals surface area contributed by atoms with Crippen molar-refractivity contribution in [3.8, 4) is 0 Å². The number of aryl methyl sites for hydroxylation is 1. The number of hydrogen-bond donors (Lipinski definition) is 1. The quantitative estimate of drug-likeness (QED) is 0.805. The van der Waals surface area contributed by atoms with Gasteiger partial charge in [0.25, 0.3) is 0 Å². The Balaban J connectivity index is 1.99. The number of carbonyl (C=O) groups excluding carboxylic acids is 1. The molecule has 0 radical (unpaired) electrons. The maximum absolute atomic E-state index is 11.4. The molecule has 19 heavy (non-hydrogen) atoms. The number of hydrogen-bond acceptors (Lipinski definition) is 6. The SMILES string of the molecule is COC(=O)c1nc(C)cc(NCCn2ccnc2)n1. The Labute approximate surface area is 110 Å². The van der Waals surface area contributed by atoms with Crippen molar-refractivity contribution < 1.29 is 9.53 Å². The summed E-state index contributed by atoms with van der Waals surface area (Å²) in [4.78, 5) is 23.5. The first-order chi connectivity index (χ1) is 9.19. The van der Waals surface area contributed by atoms with Gasteiger partial charge in [-0.15, -0.1) is 0 Å². The van der Waals surface area contributed by atoms with Crippen molar-refractivity contribution in [1.82, 2.24) is 19.5 Å². The van der Waals surface area contributed by atoms with Crippen LogP contribution >= 0.6 is 0 Å². The third-order valence-corrected chi connectivity index (χ3v) is 2.46. The number of imidazole rings is 1. The summed E-state index contributed by atoms with van der Waals surface area (Å²) in [6, 6.07) is 1.78. The summed E-state index contributed by atoms with van der Waals surface area (Å²) in [5.74, 6) is 0.127. The summed E-state index contributed by atoms with van der Waals surface area (Å²) in [7, 11) is 1.31. The predicted molar refractivity (Wildman–Crippen MR) is 68.8 cm³/mol. The summed E-state index contributed by atoms with van der Waals surface area (Å²) in [6.07, 6.45) is 5.35. The fourth-order valence-electron chi connectivity index (χ4n) is 1.57. The number of rotatable bonds is 5. The Kier molecular flexibility index (Phi) is 4.07. The van der Waals surface area contributed by atoms with Crippen molar-refractivity contribution in [2.75, 3.05) is 19.0 Å². The topological polar surface area (TPSA) is 81.9 Å². The molecule has 0 aliphatic carbocycles. The van der Waals surface area contributed by atoms with Crippen LogP contribution in [-0.4, -0.2) is 39.1 Å². The van der Waals surface area contributed by atoms with Gasteiger partial charge in [-0.05, 0) is 6.92 Å². The Morgan fingerprint density at radius 2 is 2.32 bits per heavy atom. The second kappa shape index (κ2) is 5.94. The number of nitrogens with one attached hydrogen (secondary N) is 1. The minimum Gasteiger partial charge on any atom is -0.463 e. The Hall–Kier alpha value is -2.44. The fraction of sp³-hybridized carbons (Fsp3) is 0.333. The van der Waals surface area contributed by atoms with Crippen LogP contribution in [0.2, 0.25) is 0 Å². The van der Waals surface area contributed by atoms with Gasteiger partial charge in [0.15, 0.2) is 0 Å². The molecule has 2 aromatic rings. The van der Waals surface area contributed by atoms with Gasteiger partial charge in [0, 0.05) is 37.2 Å². The lowest BCUT2D eigenvalue weighted by molar-refractivity contribution is 0.0586. The molecule has 7 heteroatoms. The molecule has 0 aliphatic heterocycles. The summed E-state index contributed by atoms with van der Waals surface area (Å²) in [6.45, 7) is 3.24. The first-order valence-electron chi connectivity index (χ1n) is 5.82. The van der Waals surface area contributed by atoms with Crippen molar-refractivity contribution in [3.05, 3.63) is 36.3 Å². The highest BCUT2D eigenvalue weighted by atomic mass is 16.5. The van der Waals surface area contributed by atoms with Crippen LogP contribution in [0.25, 0.3) is 0 Å². The number of nitrogens with zero attached hydrogens (tertiary/aromatic N) is 4. The number of methoxy groups -OCH3 is 1. The molecule has 100 valence electrons. The second-order valence-electron chi connectivity index (χ2n) is 3.94. The molecule has 7 nitrogen and oxygen atoms in total. The smallest absolute Gasteiger partial charge is 0.376 e. The van der Waals surface area contributed by atoms with E-state index in [-0.39, 0.29) is 5.82 Å². The normalized spacial score (nSPS) is 10.2. The summed E-state index contributed by atoms with van der Waals surface area (Å²) in [5.41, 5.74) is 0.709. The molecule has 2 aromatic heterocycles. The zero-order valence-electron chi connectivity index (χ0n) is 10.8. The van der Waals surface area contributed by atoms with Gasteiger partial charge in [-0.2, -0.15) is 0 Å². The van der Waals surface area contributed by atoms with Gasteiger partial charge in [0.05, 0.1) is 13.4 Å².